The second-order valence-corrected chi connectivity index (χ2v) is 5.17. The quantitative estimate of drug-likeness (QED) is 0.755. The summed E-state index contributed by atoms with van der Waals surface area (Å²) >= 11 is 0. The Hall–Kier alpha value is -1.02. The van der Waals surface area contributed by atoms with Crippen molar-refractivity contribution in [3.05, 3.63) is 29.8 Å². The Morgan fingerprint density at radius 1 is 1.31 bits per heavy atom. The molecular weight excluding hydrogens is 198 g/mol. The van der Waals surface area contributed by atoms with Crippen molar-refractivity contribution in [2.24, 2.45) is 5.92 Å². The Morgan fingerprint density at radius 3 is 2.94 bits per heavy atom. The molecule has 16 heavy (non-hydrogen) atoms. The minimum atomic E-state index is 0.308. The smallest absolute Gasteiger partial charge is 0.124 e. The summed E-state index contributed by atoms with van der Waals surface area (Å²) in [5.74, 6) is 2.03. The van der Waals surface area contributed by atoms with Gasteiger partial charge < -0.3 is 4.74 Å². The summed E-state index contributed by atoms with van der Waals surface area (Å²) in [4.78, 5) is 2.55. The van der Waals surface area contributed by atoms with Crippen molar-refractivity contribution >= 4 is 0 Å². The molecule has 0 N–H and O–H groups in total. The SMILES string of the molecule is C[C@H]1CN(CC2CC2)Cc2ccccc2O1. The van der Waals surface area contributed by atoms with E-state index >= 15 is 0 Å². The van der Waals surface area contributed by atoms with E-state index in [4.69, 9.17) is 4.74 Å². The molecule has 3 rings (SSSR count). The van der Waals surface area contributed by atoms with E-state index in [-0.39, 0.29) is 0 Å². The van der Waals surface area contributed by atoms with Crippen molar-refractivity contribution in [1.29, 1.82) is 0 Å². The van der Waals surface area contributed by atoms with Gasteiger partial charge in [0, 0.05) is 25.2 Å². The van der Waals surface area contributed by atoms with E-state index in [0.29, 0.717) is 6.10 Å². The van der Waals surface area contributed by atoms with E-state index in [1.54, 1.807) is 0 Å². The first-order valence-electron chi connectivity index (χ1n) is 6.28. The van der Waals surface area contributed by atoms with Gasteiger partial charge in [0.2, 0.25) is 0 Å². The minimum Gasteiger partial charge on any atom is -0.489 e. The average molecular weight is 217 g/mol. The molecule has 2 nitrogen and oxygen atoms in total. The lowest BCUT2D eigenvalue weighted by Crippen LogP contribution is -2.32. The van der Waals surface area contributed by atoms with E-state index < -0.39 is 0 Å². The summed E-state index contributed by atoms with van der Waals surface area (Å²) < 4.78 is 5.95. The van der Waals surface area contributed by atoms with E-state index in [1.807, 2.05) is 0 Å². The molecule has 0 amide bonds. The van der Waals surface area contributed by atoms with Crippen LogP contribution >= 0.6 is 0 Å². The lowest BCUT2D eigenvalue weighted by molar-refractivity contribution is 0.157. The molecule has 1 fully saturated rings. The van der Waals surface area contributed by atoms with E-state index in [2.05, 4.69) is 36.1 Å². The van der Waals surface area contributed by atoms with Crippen LogP contribution in [0, 0.1) is 5.92 Å². The molecule has 1 aliphatic heterocycles. The number of rotatable bonds is 2. The Balaban J connectivity index is 1.79. The summed E-state index contributed by atoms with van der Waals surface area (Å²) in [5.41, 5.74) is 1.34. The molecule has 1 aromatic rings. The first-order chi connectivity index (χ1) is 7.81. The second-order valence-electron chi connectivity index (χ2n) is 5.17. The molecule has 0 unspecified atom stereocenters. The summed E-state index contributed by atoms with van der Waals surface area (Å²) in [6, 6.07) is 8.44. The van der Waals surface area contributed by atoms with Crippen molar-refractivity contribution in [2.75, 3.05) is 13.1 Å². The van der Waals surface area contributed by atoms with Gasteiger partial charge in [-0.25, -0.2) is 0 Å². The highest BCUT2D eigenvalue weighted by Gasteiger charge is 2.27. The maximum Gasteiger partial charge on any atom is 0.124 e. The van der Waals surface area contributed by atoms with Crippen LogP contribution in [-0.4, -0.2) is 24.1 Å². The Bertz CT molecular complexity index is 373. The molecular formula is C14H19NO. The Kier molecular flexibility index (Phi) is 2.60. The van der Waals surface area contributed by atoms with Gasteiger partial charge in [-0.1, -0.05) is 18.2 Å². The number of nitrogens with zero attached hydrogens (tertiary/aromatic N) is 1. The summed E-state index contributed by atoms with van der Waals surface area (Å²) in [7, 11) is 0. The molecule has 1 saturated carbocycles. The fraction of sp³-hybridized carbons (Fsp3) is 0.571. The Morgan fingerprint density at radius 2 is 2.12 bits per heavy atom. The number of benzene rings is 1. The fourth-order valence-corrected chi connectivity index (χ4v) is 2.48. The first-order valence-corrected chi connectivity index (χ1v) is 6.28. The van der Waals surface area contributed by atoms with Crippen LogP contribution in [0.15, 0.2) is 24.3 Å². The molecule has 1 aliphatic carbocycles. The maximum absolute atomic E-state index is 5.95. The van der Waals surface area contributed by atoms with Crippen LogP contribution in [0.3, 0.4) is 0 Å². The van der Waals surface area contributed by atoms with Gasteiger partial charge in [-0.05, 0) is 31.7 Å². The summed E-state index contributed by atoms with van der Waals surface area (Å²) in [5, 5.41) is 0. The second kappa shape index (κ2) is 4.10. The van der Waals surface area contributed by atoms with Gasteiger partial charge in [-0.15, -0.1) is 0 Å². The molecule has 2 aliphatic rings. The van der Waals surface area contributed by atoms with Gasteiger partial charge in [-0.2, -0.15) is 0 Å². The molecule has 0 radical (unpaired) electrons. The minimum absolute atomic E-state index is 0.308. The molecule has 1 heterocycles. The van der Waals surface area contributed by atoms with Crippen LogP contribution in [0.1, 0.15) is 25.3 Å². The third kappa shape index (κ3) is 2.22. The van der Waals surface area contributed by atoms with Gasteiger partial charge in [-0.3, -0.25) is 4.90 Å². The number of hydrogen-bond acceptors (Lipinski definition) is 2. The fourth-order valence-electron chi connectivity index (χ4n) is 2.48. The molecule has 0 spiro atoms. The van der Waals surface area contributed by atoms with Crippen LogP contribution in [0.5, 0.6) is 5.75 Å². The largest absolute Gasteiger partial charge is 0.489 e. The van der Waals surface area contributed by atoms with Crippen molar-refractivity contribution in [2.45, 2.75) is 32.4 Å². The molecule has 0 bridgehead atoms. The standard InChI is InChI=1S/C14H19NO/c1-11-8-15(9-12-6-7-12)10-13-4-2-3-5-14(13)16-11/h2-5,11-12H,6-10H2,1H3/t11-/m0/s1. The summed E-state index contributed by atoms with van der Waals surface area (Å²) in [6.45, 7) is 5.53. The third-order valence-electron chi connectivity index (χ3n) is 3.42. The highest BCUT2D eigenvalue weighted by atomic mass is 16.5. The van der Waals surface area contributed by atoms with Gasteiger partial charge >= 0.3 is 0 Å². The third-order valence-corrected chi connectivity index (χ3v) is 3.42. The molecule has 0 aromatic heterocycles. The van der Waals surface area contributed by atoms with Crippen molar-refractivity contribution in [1.82, 2.24) is 4.90 Å². The van der Waals surface area contributed by atoms with Crippen LogP contribution in [0.25, 0.3) is 0 Å². The zero-order valence-corrected chi connectivity index (χ0v) is 9.86. The van der Waals surface area contributed by atoms with Crippen LogP contribution in [-0.2, 0) is 6.54 Å². The number of fused-ring (bicyclic) bond motifs is 1. The number of ether oxygens (including phenoxy) is 1. The van der Waals surface area contributed by atoms with Gasteiger partial charge in [0.25, 0.3) is 0 Å². The molecule has 0 saturated heterocycles. The maximum atomic E-state index is 5.95. The van der Waals surface area contributed by atoms with Crippen LogP contribution in [0.4, 0.5) is 0 Å². The van der Waals surface area contributed by atoms with Crippen molar-refractivity contribution in [3.8, 4) is 5.75 Å². The summed E-state index contributed by atoms with van der Waals surface area (Å²) in [6.07, 6.45) is 3.16. The van der Waals surface area contributed by atoms with E-state index in [0.717, 1.165) is 24.8 Å². The van der Waals surface area contributed by atoms with Crippen molar-refractivity contribution < 1.29 is 4.74 Å². The van der Waals surface area contributed by atoms with E-state index in [1.165, 1.54) is 24.9 Å². The normalized spacial score (nSPS) is 25.7. The van der Waals surface area contributed by atoms with Gasteiger partial charge in [0.1, 0.15) is 11.9 Å². The predicted octanol–water partition coefficient (Wildman–Crippen LogP) is 2.68. The Labute approximate surface area is 97.2 Å². The van der Waals surface area contributed by atoms with Gasteiger partial charge in [0.15, 0.2) is 0 Å². The van der Waals surface area contributed by atoms with Crippen LogP contribution in [0.2, 0.25) is 0 Å². The molecule has 1 aromatic carbocycles. The monoisotopic (exact) mass is 217 g/mol. The average Bonchev–Trinajstić information content (AvgIpc) is 3.04. The van der Waals surface area contributed by atoms with Gasteiger partial charge in [0.05, 0.1) is 0 Å². The lowest BCUT2D eigenvalue weighted by Gasteiger charge is -2.21. The van der Waals surface area contributed by atoms with Crippen LogP contribution < -0.4 is 4.74 Å². The highest BCUT2D eigenvalue weighted by Crippen LogP contribution is 2.32. The number of hydrogen-bond donors (Lipinski definition) is 0. The lowest BCUT2D eigenvalue weighted by atomic mass is 10.2. The first kappa shape index (κ1) is 10.2. The molecule has 86 valence electrons. The number of para-hydroxylation sites is 1. The predicted molar refractivity (Wildman–Crippen MR) is 64.5 cm³/mol. The molecule has 1 atom stereocenters. The van der Waals surface area contributed by atoms with E-state index in [9.17, 15) is 0 Å². The zero-order valence-electron chi connectivity index (χ0n) is 9.86. The highest BCUT2D eigenvalue weighted by molar-refractivity contribution is 5.34. The molecule has 2 heteroatoms. The topological polar surface area (TPSA) is 12.5 Å². The zero-order chi connectivity index (χ0) is 11.0. The van der Waals surface area contributed by atoms with Crippen molar-refractivity contribution in [3.63, 3.8) is 0 Å².